The van der Waals surface area contributed by atoms with E-state index >= 15 is 0 Å². The van der Waals surface area contributed by atoms with Crippen LogP contribution in [0.15, 0.2) is 22.7 Å². The highest BCUT2D eigenvalue weighted by Crippen LogP contribution is 2.33. The number of methoxy groups -OCH3 is 1. The summed E-state index contributed by atoms with van der Waals surface area (Å²) in [5.74, 6) is 0.276. The normalized spacial score (nSPS) is 16.3. The average Bonchev–Trinajstić information content (AvgIpc) is 3.13. The highest BCUT2D eigenvalue weighted by Gasteiger charge is 2.35. The molecule has 0 saturated heterocycles. The number of nitrogens with one attached hydrogen (secondary N) is 1. The number of carboxylic acid groups (broad SMARTS) is 1. The number of hydrogen-bond acceptors (Lipinski definition) is 3. The summed E-state index contributed by atoms with van der Waals surface area (Å²) in [6.45, 7) is 0.496. The van der Waals surface area contributed by atoms with Gasteiger partial charge in [0.05, 0.1) is 7.11 Å². The van der Waals surface area contributed by atoms with Gasteiger partial charge in [0.2, 0.25) is 0 Å². The lowest BCUT2D eigenvalue weighted by Gasteiger charge is -2.15. The minimum atomic E-state index is -0.772. The van der Waals surface area contributed by atoms with Crippen LogP contribution in [0.5, 0.6) is 5.75 Å². The Morgan fingerprint density at radius 2 is 2.33 bits per heavy atom. The molecule has 0 aliphatic heterocycles. The third-order valence-corrected chi connectivity index (χ3v) is 3.61. The molecule has 18 heavy (non-hydrogen) atoms. The summed E-state index contributed by atoms with van der Waals surface area (Å²) >= 11 is 3.40. The van der Waals surface area contributed by atoms with E-state index in [0.29, 0.717) is 6.54 Å². The first-order chi connectivity index (χ1) is 8.61. The van der Waals surface area contributed by atoms with Crippen LogP contribution in [0, 0.1) is 5.92 Å². The van der Waals surface area contributed by atoms with E-state index in [9.17, 15) is 4.79 Å². The fourth-order valence-electron chi connectivity index (χ4n) is 1.99. The molecule has 0 radical (unpaired) electrons. The van der Waals surface area contributed by atoms with Gasteiger partial charge in [0.1, 0.15) is 11.8 Å². The Morgan fingerprint density at radius 1 is 1.61 bits per heavy atom. The molecule has 5 heteroatoms. The van der Waals surface area contributed by atoms with Crippen LogP contribution in [0.25, 0.3) is 0 Å². The highest BCUT2D eigenvalue weighted by molar-refractivity contribution is 9.10. The zero-order valence-corrected chi connectivity index (χ0v) is 11.7. The second-order valence-electron chi connectivity index (χ2n) is 4.49. The van der Waals surface area contributed by atoms with Crippen LogP contribution in [0.3, 0.4) is 0 Å². The lowest BCUT2D eigenvalue weighted by atomic mass is 10.1. The summed E-state index contributed by atoms with van der Waals surface area (Å²) in [7, 11) is 1.61. The topological polar surface area (TPSA) is 58.6 Å². The zero-order valence-electron chi connectivity index (χ0n) is 10.1. The van der Waals surface area contributed by atoms with E-state index in [4.69, 9.17) is 9.84 Å². The smallest absolute Gasteiger partial charge is 0.320 e. The van der Waals surface area contributed by atoms with Gasteiger partial charge in [-0.3, -0.25) is 10.1 Å². The lowest BCUT2D eigenvalue weighted by molar-refractivity contribution is -0.140. The number of carbonyl (C=O) groups is 1. The van der Waals surface area contributed by atoms with Gasteiger partial charge in [0, 0.05) is 16.6 Å². The van der Waals surface area contributed by atoms with Gasteiger partial charge in [-0.25, -0.2) is 0 Å². The molecule has 0 spiro atoms. The van der Waals surface area contributed by atoms with Gasteiger partial charge < -0.3 is 9.84 Å². The van der Waals surface area contributed by atoms with Gasteiger partial charge in [-0.2, -0.15) is 0 Å². The maximum absolute atomic E-state index is 11.1. The van der Waals surface area contributed by atoms with Crippen molar-refractivity contribution < 1.29 is 14.6 Å². The molecule has 2 N–H and O–H groups in total. The molecule has 0 amide bonds. The minimum absolute atomic E-state index is 0.278. The van der Waals surface area contributed by atoms with Gasteiger partial charge in [-0.05, 0) is 37.0 Å². The summed E-state index contributed by atoms with van der Waals surface area (Å²) in [4.78, 5) is 11.1. The molecule has 1 fully saturated rings. The van der Waals surface area contributed by atoms with Gasteiger partial charge >= 0.3 is 5.97 Å². The number of ether oxygens (including phenoxy) is 1. The average molecular weight is 314 g/mol. The standard InChI is InChI=1S/C13H16BrNO3/c1-18-11-5-4-10(14)6-9(11)7-15-12(13(16)17)8-2-3-8/h4-6,8,12,15H,2-3,7H2,1H3,(H,16,17). The van der Waals surface area contributed by atoms with E-state index in [1.54, 1.807) is 7.11 Å². The van der Waals surface area contributed by atoms with Crippen molar-refractivity contribution in [1.82, 2.24) is 5.32 Å². The fraction of sp³-hybridized carbons (Fsp3) is 0.462. The van der Waals surface area contributed by atoms with Crippen LogP contribution in [0.4, 0.5) is 0 Å². The Hall–Kier alpha value is -1.07. The minimum Gasteiger partial charge on any atom is -0.496 e. The summed E-state index contributed by atoms with van der Waals surface area (Å²) in [5, 5.41) is 12.2. The van der Waals surface area contributed by atoms with Crippen molar-refractivity contribution in [2.24, 2.45) is 5.92 Å². The van der Waals surface area contributed by atoms with Crippen LogP contribution >= 0.6 is 15.9 Å². The van der Waals surface area contributed by atoms with E-state index in [0.717, 1.165) is 28.6 Å². The maximum Gasteiger partial charge on any atom is 0.320 e. The molecule has 1 aliphatic carbocycles. The van der Waals surface area contributed by atoms with Crippen LogP contribution in [-0.4, -0.2) is 24.2 Å². The molecule has 2 rings (SSSR count). The first-order valence-corrected chi connectivity index (χ1v) is 6.69. The molecule has 1 saturated carbocycles. The molecule has 0 aromatic heterocycles. The van der Waals surface area contributed by atoms with Gasteiger partial charge in [0.25, 0.3) is 0 Å². The third kappa shape index (κ3) is 3.23. The molecule has 4 nitrogen and oxygen atoms in total. The van der Waals surface area contributed by atoms with Gasteiger partial charge in [-0.15, -0.1) is 0 Å². The highest BCUT2D eigenvalue weighted by atomic mass is 79.9. The summed E-state index contributed by atoms with van der Waals surface area (Å²) in [6, 6.07) is 5.26. The predicted molar refractivity (Wildman–Crippen MR) is 71.7 cm³/mol. The van der Waals surface area contributed by atoms with E-state index in [-0.39, 0.29) is 5.92 Å². The van der Waals surface area contributed by atoms with Crippen molar-refractivity contribution in [2.45, 2.75) is 25.4 Å². The Labute approximate surface area is 114 Å². The Bertz CT molecular complexity index is 446. The summed E-state index contributed by atoms with van der Waals surface area (Å²) in [5.41, 5.74) is 0.957. The fourth-order valence-corrected chi connectivity index (χ4v) is 2.40. The van der Waals surface area contributed by atoms with E-state index < -0.39 is 12.0 Å². The molecule has 1 aromatic rings. The summed E-state index contributed by atoms with van der Waals surface area (Å²) < 4.78 is 6.22. The van der Waals surface area contributed by atoms with Crippen molar-refractivity contribution >= 4 is 21.9 Å². The predicted octanol–water partition coefficient (Wildman–Crippen LogP) is 2.41. The van der Waals surface area contributed by atoms with Crippen molar-refractivity contribution in [2.75, 3.05) is 7.11 Å². The number of carboxylic acids is 1. The number of hydrogen-bond donors (Lipinski definition) is 2. The molecular formula is C13H16BrNO3. The number of rotatable bonds is 6. The first kappa shape index (κ1) is 13.4. The second-order valence-corrected chi connectivity index (χ2v) is 5.41. The SMILES string of the molecule is COc1ccc(Br)cc1CNC(C(=O)O)C1CC1. The maximum atomic E-state index is 11.1. The zero-order chi connectivity index (χ0) is 13.1. The van der Waals surface area contributed by atoms with Crippen LogP contribution < -0.4 is 10.1 Å². The monoisotopic (exact) mass is 313 g/mol. The van der Waals surface area contributed by atoms with Crippen molar-refractivity contribution in [3.63, 3.8) is 0 Å². The molecule has 1 aromatic carbocycles. The van der Waals surface area contributed by atoms with Crippen molar-refractivity contribution in [1.29, 1.82) is 0 Å². The van der Waals surface area contributed by atoms with Crippen molar-refractivity contribution in [3.05, 3.63) is 28.2 Å². The quantitative estimate of drug-likeness (QED) is 0.846. The second kappa shape index (κ2) is 5.71. The van der Waals surface area contributed by atoms with Crippen LogP contribution in [-0.2, 0) is 11.3 Å². The molecular weight excluding hydrogens is 298 g/mol. The first-order valence-electron chi connectivity index (χ1n) is 5.90. The van der Waals surface area contributed by atoms with Crippen LogP contribution in [0.1, 0.15) is 18.4 Å². The van der Waals surface area contributed by atoms with E-state index in [1.165, 1.54) is 0 Å². The molecule has 98 valence electrons. The molecule has 1 aliphatic rings. The van der Waals surface area contributed by atoms with E-state index in [1.807, 2.05) is 18.2 Å². The van der Waals surface area contributed by atoms with Gasteiger partial charge in [-0.1, -0.05) is 15.9 Å². The van der Waals surface area contributed by atoms with E-state index in [2.05, 4.69) is 21.2 Å². The summed E-state index contributed by atoms with van der Waals surface area (Å²) in [6.07, 6.45) is 2.00. The number of halogens is 1. The molecule has 1 unspecified atom stereocenters. The molecule has 0 bridgehead atoms. The number of benzene rings is 1. The Morgan fingerprint density at radius 3 is 2.89 bits per heavy atom. The number of aliphatic carboxylic acids is 1. The van der Waals surface area contributed by atoms with Crippen LogP contribution in [0.2, 0.25) is 0 Å². The molecule has 1 atom stereocenters. The largest absolute Gasteiger partial charge is 0.496 e. The Kier molecular flexibility index (Phi) is 4.24. The third-order valence-electron chi connectivity index (χ3n) is 3.11. The van der Waals surface area contributed by atoms with Gasteiger partial charge in [0.15, 0.2) is 0 Å². The van der Waals surface area contributed by atoms with Crippen molar-refractivity contribution in [3.8, 4) is 5.75 Å². The lowest BCUT2D eigenvalue weighted by Crippen LogP contribution is -2.38. The Balaban J connectivity index is 2.04. The molecule has 0 heterocycles.